The van der Waals surface area contributed by atoms with Crippen molar-refractivity contribution in [3.63, 3.8) is 0 Å². The predicted molar refractivity (Wildman–Crippen MR) is 112 cm³/mol. The first kappa shape index (κ1) is 19.0. The second-order valence-electron chi connectivity index (χ2n) is 11.3. The molecule has 0 aromatic rings. The van der Waals surface area contributed by atoms with Crippen LogP contribution in [0.2, 0.25) is 0 Å². The van der Waals surface area contributed by atoms with Crippen LogP contribution in [0.4, 0.5) is 0 Å². The molecule has 0 aromatic heterocycles. The van der Waals surface area contributed by atoms with Gasteiger partial charge in [-0.05, 0) is 105 Å². The van der Waals surface area contributed by atoms with E-state index in [4.69, 9.17) is 5.73 Å². The predicted octanol–water partition coefficient (Wildman–Crippen LogP) is 6.72. The normalized spacial score (nSPS) is 53.5. The zero-order valence-corrected chi connectivity index (χ0v) is 17.7. The highest BCUT2D eigenvalue weighted by Crippen LogP contribution is 2.69. The molecule has 4 aliphatic rings. The van der Waals surface area contributed by atoms with E-state index in [9.17, 15) is 0 Å². The van der Waals surface area contributed by atoms with Gasteiger partial charge in [0.1, 0.15) is 0 Å². The fourth-order valence-electron chi connectivity index (χ4n) is 8.89. The molecule has 2 N–H and O–H groups in total. The highest BCUT2D eigenvalue weighted by Gasteiger charge is 2.64. The number of fused-ring (bicyclic) bond motifs is 5. The van der Waals surface area contributed by atoms with E-state index in [-0.39, 0.29) is 5.54 Å². The van der Waals surface area contributed by atoms with Crippen LogP contribution in [0.5, 0.6) is 0 Å². The van der Waals surface area contributed by atoms with Crippen molar-refractivity contribution in [2.24, 2.45) is 46.2 Å². The summed E-state index contributed by atoms with van der Waals surface area (Å²) in [5.74, 6) is 4.59. The molecule has 1 heteroatoms. The Hall–Kier alpha value is -0.300. The van der Waals surface area contributed by atoms with Crippen LogP contribution in [0.15, 0.2) is 12.7 Å². The number of nitrogens with two attached hydrogens (primary N) is 1. The van der Waals surface area contributed by atoms with Crippen LogP contribution < -0.4 is 5.73 Å². The molecule has 4 aliphatic carbocycles. The summed E-state index contributed by atoms with van der Waals surface area (Å²) < 4.78 is 0. The van der Waals surface area contributed by atoms with Crippen molar-refractivity contribution in [3.8, 4) is 0 Å². The molecule has 0 aromatic carbocycles. The summed E-state index contributed by atoms with van der Waals surface area (Å²) in [5.41, 5.74) is 8.31. The van der Waals surface area contributed by atoms with Crippen molar-refractivity contribution >= 4 is 0 Å². The summed E-state index contributed by atoms with van der Waals surface area (Å²) in [4.78, 5) is 0. The summed E-state index contributed by atoms with van der Waals surface area (Å²) in [5, 5.41) is 0. The van der Waals surface area contributed by atoms with Gasteiger partial charge in [0.25, 0.3) is 0 Å². The zero-order valence-electron chi connectivity index (χ0n) is 17.7. The largest absolute Gasteiger partial charge is 0.325 e. The van der Waals surface area contributed by atoms with Crippen molar-refractivity contribution in [1.29, 1.82) is 0 Å². The second-order valence-corrected chi connectivity index (χ2v) is 11.3. The molecule has 148 valence electrons. The number of unbranched alkanes of at least 4 members (excludes halogenated alkanes) is 1. The quantitative estimate of drug-likeness (QED) is 0.438. The summed E-state index contributed by atoms with van der Waals surface area (Å²) in [6.45, 7) is 11.8. The van der Waals surface area contributed by atoms with E-state index in [0.29, 0.717) is 10.8 Å². The standard InChI is InChI=1S/C25H43N/c1-5-6-7-10-19-11-12-20-22-18(2)17-25(26)15-9-8-14-24(25,4)21(22)13-16-23(19,20)3/h5,18-22H,1,6-17,26H2,2-4H3. The van der Waals surface area contributed by atoms with Crippen LogP contribution in [0.3, 0.4) is 0 Å². The molecule has 26 heavy (non-hydrogen) atoms. The Bertz CT molecular complexity index is 540. The average Bonchev–Trinajstić information content (AvgIpc) is 2.93. The Morgan fingerprint density at radius 3 is 2.58 bits per heavy atom. The van der Waals surface area contributed by atoms with Crippen LogP contribution in [-0.2, 0) is 0 Å². The van der Waals surface area contributed by atoms with Crippen molar-refractivity contribution in [2.45, 2.75) is 103 Å². The molecular formula is C25H43N. The molecule has 0 aliphatic heterocycles. The minimum Gasteiger partial charge on any atom is -0.325 e. The van der Waals surface area contributed by atoms with Crippen LogP contribution in [0, 0.1) is 40.4 Å². The molecule has 4 rings (SSSR count). The Morgan fingerprint density at radius 1 is 1.04 bits per heavy atom. The fourth-order valence-corrected chi connectivity index (χ4v) is 8.89. The molecular weight excluding hydrogens is 314 g/mol. The third-order valence-electron chi connectivity index (χ3n) is 10.4. The number of hydrogen-bond donors (Lipinski definition) is 1. The molecule has 8 atom stereocenters. The molecule has 4 saturated carbocycles. The van der Waals surface area contributed by atoms with Gasteiger partial charge in [0.15, 0.2) is 0 Å². The van der Waals surface area contributed by atoms with Gasteiger partial charge in [-0.1, -0.05) is 39.7 Å². The lowest BCUT2D eigenvalue weighted by atomic mass is 9.40. The minimum atomic E-state index is 0.127. The highest BCUT2D eigenvalue weighted by atomic mass is 14.8. The van der Waals surface area contributed by atoms with Gasteiger partial charge in [0.05, 0.1) is 0 Å². The first-order valence-corrected chi connectivity index (χ1v) is 11.8. The molecule has 0 radical (unpaired) electrons. The summed E-state index contributed by atoms with van der Waals surface area (Å²) in [6, 6.07) is 0. The van der Waals surface area contributed by atoms with E-state index in [2.05, 4.69) is 33.4 Å². The first-order valence-electron chi connectivity index (χ1n) is 11.8. The molecule has 0 saturated heterocycles. The molecule has 0 bridgehead atoms. The van der Waals surface area contributed by atoms with Gasteiger partial charge in [-0.3, -0.25) is 0 Å². The van der Waals surface area contributed by atoms with Crippen molar-refractivity contribution in [2.75, 3.05) is 0 Å². The molecule has 8 unspecified atom stereocenters. The third-order valence-corrected chi connectivity index (χ3v) is 10.4. The van der Waals surface area contributed by atoms with E-state index >= 15 is 0 Å². The number of rotatable bonds is 4. The molecule has 1 nitrogen and oxygen atoms in total. The Kier molecular flexibility index (Phi) is 4.86. The summed E-state index contributed by atoms with van der Waals surface area (Å²) in [6.07, 6.45) is 18.7. The molecule has 0 amide bonds. The molecule has 4 fully saturated rings. The summed E-state index contributed by atoms with van der Waals surface area (Å²) >= 11 is 0. The van der Waals surface area contributed by atoms with Crippen LogP contribution in [0.25, 0.3) is 0 Å². The Labute approximate surface area is 162 Å². The van der Waals surface area contributed by atoms with E-state index in [1.165, 1.54) is 77.0 Å². The lowest BCUT2D eigenvalue weighted by molar-refractivity contribution is -0.145. The van der Waals surface area contributed by atoms with Gasteiger partial charge >= 0.3 is 0 Å². The topological polar surface area (TPSA) is 26.0 Å². The van der Waals surface area contributed by atoms with Gasteiger partial charge in [0.2, 0.25) is 0 Å². The van der Waals surface area contributed by atoms with Gasteiger partial charge in [-0.15, -0.1) is 6.58 Å². The maximum absolute atomic E-state index is 7.17. The van der Waals surface area contributed by atoms with E-state index in [1.807, 2.05) is 0 Å². The maximum atomic E-state index is 7.17. The monoisotopic (exact) mass is 357 g/mol. The van der Waals surface area contributed by atoms with Gasteiger partial charge < -0.3 is 5.73 Å². The Morgan fingerprint density at radius 2 is 1.81 bits per heavy atom. The summed E-state index contributed by atoms with van der Waals surface area (Å²) in [7, 11) is 0. The van der Waals surface area contributed by atoms with Gasteiger partial charge in [-0.25, -0.2) is 0 Å². The van der Waals surface area contributed by atoms with Crippen molar-refractivity contribution < 1.29 is 0 Å². The van der Waals surface area contributed by atoms with Crippen LogP contribution in [-0.4, -0.2) is 5.54 Å². The van der Waals surface area contributed by atoms with Crippen LogP contribution >= 0.6 is 0 Å². The van der Waals surface area contributed by atoms with Gasteiger partial charge in [0, 0.05) is 5.54 Å². The third kappa shape index (κ3) is 2.59. The smallest absolute Gasteiger partial charge is 0.0214 e. The average molecular weight is 358 g/mol. The number of hydrogen-bond acceptors (Lipinski definition) is 1. The van der Waals surface area contributed by atoms with Crippen LogP contribution in [0.1, 0.15) is 97.8 Å². The fraction of sp³-hybridized carbons (Fsp3) is 0.920. The second kappa shape index (κ2) is 6.64. The molecule has 0 spiro atoms. The lowest BCUT2D eigenvalue weighted by Gasteiger charge is -2.66. The van der Waals surface area contributed by atoms with E-state index in [0.717, 1.165) is 29.6 Å². The van der Waals surface area contributed by atoms with Crippen molar-refractivity contribution in [1.82, 2.24) is 0 Å². The first-order chi connectivity index (χ1) is 12.4. The molecule has 0 heterocycles. The minimum absolute atomic E-state index is 0.127. The highest BCUT2D eigenvalue weighted by molar-refractivity contribution is 5.16. The maximum Gasteiger partial charge on any atom is 0.0214 e. The lowest BCUT2D eigenvalue weighted by Crippen LogP contribution is -2.67. The zero-order chi connectivity index (χ0) is 18.6. The SMILES string of the molecule is C=CCCCC1CCC2C3C(C)CC4(N)CCCCC4(C)C3CCC12C. The van der Waals surface area contributed by atoms with E-state index < -0.39 is 0 Å². The van der Waals surface area contributed by atoms with E-state index in [1.54, 1.807) is 0 Å². The Balaban J connectivity index is 1.59. The van der Waals surface area contributed by atoms with Gasteiger partial charge in [-0.2, -0.15) is 0 Å². The van der Waals surface area contributed by atoms with Crippen molar-refractivity contribution in [3.05, 3.63) is 12.7 Å². The number of allylic oxidation sites excluding steroid dienone is 1.